The topological polar surface area (TPSA) is 37.3 Å². The van der Waals surface area contributed by atoms with Crippen LogP contribution in [-0.2, 0) is 11.3 Å². The molecular weight excluding hydrogens is 262 g/mol. The maximum atomic E-state index is 12.9. The summed E-state index contributed by atoms with van der Waals surface area (Å²) in [6.07, 6.45) is 12.3. The third-order valence-corrected chi connectivity index (χ3v) is 5.14. The van der Waals surface area contributed by atoms with Crippen LogP contribution in [0.3, 0.4) is 0 Å². The smallest absolute Gasteiger partial charge is 0.240 e. The molecule has 0 aromatic carbocycles. The second-order valence-corrected chi connectivity index (χ2v) is 6.46. The Bertz CT molecular complexity index is 443. The minimum Gasteiger partial charge on any atom is -0.353 e. The first-order valence-corrected chi connectivity index (χ1v) is 8.45. The molecule has 1 aromatic rings. The van der Waals surface area contributed by atoms with E-state index in [1.54, 1.807) is 0 Å². The first kappa shape index (κ1) is 14.6. The number of hydrogen-bond donors (Lipinski definition) is 1. The molecule has 116 valence electrons. The monoisotopic (exact) mass is 289 g/mol. The Kier molecular flexibility index (Phi) is 4.63. The predicted octanol–water partition coefficient (Wildman–Crippen LogP) is 2.40. The van der Waals surface area contributed by atoms with Crippen molar-refractivity contribution in [2.24, 2.45) is 0 Å². The number of rotatable bonds is 5. The molecule has 1 saturated carbocycles. The van der Waals surface area contributed by atoms with Crippen molar-refractivity contribution in [3.8, 4) is 0 Å². The van der Waals surface area contributed by atoms with Crippen molar-refractivity contribution < 1.29 is 4.79 Å². The number of carbonyl (C=O) groups excluding carboxylic acids is 1. The highest BCUT2D eigenvalue weighted by Gasteiger charge is 2.45. The van der Waals surface area contributed by atoms with Gasteiger partial charge in [-0.05, 0) is 50.9 Å². The van der Waals surface area contributed by atoms with Gasteiger partial charge in [-0.15, -0.1) is 0 Å². The Balaban J connectivity index is 1.60. The lowest BCUT2D eigenvalue weighted by atomic mass is 9.79. The van der Waals surface area contributed by atoms with E-state index >= 15 is 0 Å². The minimum absolute atomic E-state index is 0.203. The van der Waals surface area contributed by atoms with Gasteiger partial charge in [0.1, 0.15) is 5.54 Å². The van der Waals surface area contributed by atoms with E-state index in [1.807, 2.05) is 24.5 Å². The van der Waals surface area contributed by atoms with Crippen molar-refractivity contribution in [1.82, 2.24) is 14.8 Å². The fourth-order valence-corrected chi connectivity index (χ4v) is 3.95. The van der Waals surface area contributed by atoms with Crippen LogP contribution in [-0.4, -0.2) is 40.5 Å². The van der Waals surface area contributed by atoms with Crippen LogP contribution in [0.15, 0.2) is 24.5 Å². The molecule has 21 heavy (non-hydrogen) atoms. The van der Waals surface area contributed by atoms with E-state index in [0.717, 1.165) is 39.0 Å². The molecule has 0 atom stereocenters. The quantitative estimate of drug-likeness (QED) is 0.904. The van der Waals surface area contributed by atoms with Gasteiger partial charge in [0.15, 0.2) is 0 Å². The zero-order valence-electron chi connectivity index (χ0n) is 12.9. The van der Waals surface area contributed by atoms with Gasteiger partial charge in [0.25, 0.3) is 0 Å². The van der Waals surface area contributed by atoms with Gasteiger partial charge >= 0.3 is 0 Å². The molecule has 0 spiro atoms. The number of nitrogens with zero attached hydrogens (tertiary/aromatic N) is 2. The molecule has 2 heterocycles. The molecular formula is C17H27N3O. The molecule has 1 N–H and O–H groups in total. The fourth-order valence-electron chi connectivity index (χ4n) is 3.95. The molecule has 2 aliphatic rings. The van der Waals surface area contributed by atoms with Gasteiger partial charge in [-0.1, -0.05) is 19.3 Å². The van der Waals surface area contributed by atoms with Gasteiger partial charge in [0.05, 0.1) is 0 Å². The Morgan fingerprint density at radius 1 is 1.00 bits per heavy atom. The predicted molar refractivity (Wildman–Crippen MR) is 84.1 cm³/mol. The molecule has 4 heteroatoms. The summed E-state index contributed by atoms with van der Waals surface area (Å²) in [5.74, 6) is 0.274. The van der Waals surface area contributed by atoms with Gasteiger partial charge in [0.2, 0.25) is 5.91 Å². The van der Waals surface area contributed by atoms with Crippen LogP contribution in [0.4, 0.5) is 0 Å². The lowest BCUT2D eigenvalue weighted by Gasteiger charge is -2.43. The van der Waals surface area contributed by atoms with Crippen molar-refractivity contribution in [2.75, 3.05) is 19.6 Å². The molecule has 1 aliphatic carbocycles. The third kappa shape index (κ3) is 3.15. The summed E-state index contributed by atoms with van der Waals surface area (Å²) >= 11 is 0. The highest BCUT2D eigenvalue weighted by Crippen LogP contribution is 2.36. The SMILES string of the molecule is O=C(NCCn1cccc1)C1(N2CCCC2)CCCCC1. The summed E-state index contributed by atoms with van der Waals surface area (Å²) in [6, 6.07) is 4.04. The van der Waals surface area contributed by atoms with Crippen LogP contribution < -0.4 is 5.32 Å². The summed E-state index contributed by atoms with van der Waals surface area (Å²) in [5.41, 5.74) is -0.203. The average Bonchev–Trinajstić information content (AvgIpc) is 3.21. The van der Waals surface area contributed by atoms with Gasteiger partial charge in [-0.25, -0.2) is 0 Å². The van der Waals surface area contributed by atoms with Crippen LogP contribution in [0, 0.1) is 0 Å². The second kappa shape index (κ2) is 6.65. The van der Waals surface area contributed by atoms with Crippen molar-refractivity contribution in [3.05, 3.63) is 24.5 Å². The van der Waals surface area contributed by atoms with Crippen LogP contribution in [0.25, 0.3) is 0 Å². The number of nitrogens with one attached hydrogen (secondary N) is 1. The zero-order valence-corrected chi connectivity index (χ0v) is 12.9. The number of amides is 1. The zero-order chi connectivity index (χ0) is 14.5. The minimum atomic E-state index is -0.203. The molecule has 1 saturated heterocycles. The van der Waals surface area contributed by atoms with Crippen LogP contribution in [0.2, 0.25) is 0 Å². The molecule has 0 radical (unpaired) electrons. The maximum Gasteiger partial charge on any atom is 0.240 e. The number of likely N-dealkylation sites (tertiary alicyclic amines) is 1. The number of hydrogen-bond acceptors (Lipinski definition) is 2. The molecule has 0 bridgehead atoms. The largest absolute Gasteiger partial charge is 0.353 e. The van der Waals surface area contributed by atoms with E-state index in [0.29, 0.717) is 0 Å². The molecule has 1 aromatic heterocycles. The Morgan fingerprint density at radius 3 is 2.33 bits per heavy atom. The lowest BCUT2D eigenvalue weighted by Crippen LogP contribution is -2.59. The van der Waals surface area contributed by atoms with Gasteiger partial charge < -0.3 is 9.88 Å². The Hall–Kier alpha value is -1.29. The van der Waals surface area contributed by atoms with E-state index in [9.17, 15) is 4.79 Å². The standard InChI is InChI=1S/C17H27N3O/c21-16(18-10-15-19-11-4-5-12-19)17(8-2-1-3-9-17)20-13-6-7-14-20/h4-5,11-12H,1-3,6-10,13-15H2,(H,18,21). The first-order chi connectivity index (χ1) is 10.3. The van der Waals surface area contributed by atoms with Crippen molar-refractivity contribution in [3.63, 3.8) is 0 Å². The van der Waals surface area contributed by atoms with Crippen molar-refractivity contribution in [1.29, 1.82) is 0 Å². The molecule has 4 nitrogen and oxygen atoms in total. The summed E-state index contributed by atoms with van der Waals surface area (Å²) in [6.45, 7) is 3.79. The van der Waals surface area contributed by atoms with Crippen LogP contribution in [0.5, 0.6) is 0 Å². The van der Waals surface area contributed by atoms with Crippen LogP contribution >= 0.6 is 0 Å². The van der Waals surface area contributed by atoms with E-state index in [2.05, 4.69) is 14.8 Å². The molecule has 1 aliphatic heterocycles. The van der Waals surface area contributed by atoms with Crippen molar-refractivity contribution >= 4 is 5.91 Å². The van der Waals surface area contributed by atoms with E-state index in [1.165, 1.54) is 32.1 Å². The number of carbonyl (C=O) groups is 1. The summed E-state index contributed by atoms with van der Waals surface area (Å²) < 4.78 is 2.11. The third-order valence-electron chi connectivity index (χ3n) is 5.14. The average molecular weight is 289 g/mol. The van der Waals surface area contributed by atoms with E-state index in [4.69, 9.17) is 0 Å². The van der Waals surface area contributed by atoms with E-state index in [-0.39, 0.29) is 11.4 Å². The van der Waals surface area contributed by atoms with Crippen molar-refractivity contribution in [2.45, 2.75) is 57.0 Å². The fraction of sp³-hybridized carbons (Fsp3) is 0.706. The maximum absolute atomic E-state index is 12.9. The Labute approximate surface area is 127 Å². The lowest BCUT2D eigenvalue weighted by molar-refractivity contribution is -0.135. The number of aromatic nitrogens is 1. The highest BCUT2D eigenvalue weighted by atomic mass is 16.2. The summed E-state index contributed by atoms with van der Waals surface area (Å²) in [7, 11) is 0. The molecule has 1 amide bonds. The van der Waals surface area contributed by atoms with Gasteiger partial charge in [-0.3, -0.25) is 9.69 Å². The summed E-state index contributed by atoms with van der Waals surface area (Å²) in [5, 5.41) is 3.21. The Morgan fingerprint density at radius 2 is 1.67 bits per heavy atom. The first-order valence-electron chi connectivity index (χ1n) is 8.45. The normalized spacial score (nSPS) is 22.3. The molecule has 2 fully saturated rings. The van der Waals surface area contributed by atoms with E-state index < -0.39 is 0 Å². The second-order valence-electron chi connectivity index (χ2n) is 6.46. The van der Waals surface area contributed by atoms with Gasteiger partial charge in [0, 0.05) is 25.5 Å². The molecule has 3 rings (SSSR count). The van der Waals surface area contributed by atoms with Gasteiger partial charge in [-0.2, -0.15) is 0 Å². The summed E-state index contributed by atoms with van der Waals surface area (Å²) in [4.78, 5) is 15.3. The van der Waals surface area contributed by atoms with Crippen LogP contribution in [0.1, 0.15) is 44.9 Å². The highest BCUT2D eigenvalue weighted by molar-refractivity contribution is 5.86. The molecule has 0 unspecified atom stereocenters.